The van der Waals surface area contributed by atoms with Crippen LogP contribution in [0.2, 0.25) is 0 Å². The molecule has 4 nitrogen and oxygen atoms in total. The van der Waals surface area contributed by atoms with E-state index < -0.39 is 0 Å². The Balaban J connectivity index is 2.07. The molecule has 1 aromatic carbocycles. The van der Waals surface area contributed by atoms with Crippen LogP contribution in [0.25, 0.3) is 5.57 Å². The zero-order valence-electron chi connectivity index (χ0n) is 13.1. The first kappa shape index (κ1) is 15.6. The molecule has 1 heterocycles. The van der Waals surface area contributed by atoms with Gasteiger partial charge in [-0.2, -0.15) is 0 Å². The van der Waals surface area contributed by atoms with E-state index in [9.17, 15) is 4.79 Å². The van der Waals surface area contributed by atoms with E-state index in [-0.39, 0.29) is 5.91 Å². The van der Waals surface area contributed by atoms with Crippen molar-refractivity contribution in [2.75, 3.05) is 33.8 Å². The number of likely N-dealkylation sites (tertiary alicyclic amines) is 1. The largest absolute Gasteiger partial charge is 0.496 e. The number of hydrogen-bond donors (Lipinski definition) is 1. The van der Waals surface area contributed by atoms with E-state index in [0.29, 0.717) is 5.92 Å². The van der Waals surface area contributed by atoms with Crippen molar-refractivity contribution in [1.29, 1.82) is 0 Å². The molecular formula is C17H24N2O2. The zero-order chi connectivity index (χ0) is 15.2. The molecule has 0 spiro atoms. The van der Waals surface area contributed by atoms with Gasteiger partial charge in [-0.3, -0.25) is 4.79 Å². The number of hydrogen-bond acceptors (Lipinski definition) is 3. The molecule has 0 aromatic heterocycles. The Morgan fingerprint density at radius 3 is 2.95 bits per heavy atom. The highest BCUT2D eigenvalue weighted by atomic mass is 16.5. The van der Waals surface area contributed by atoms with Gasteiger partial charge in [-0.05, 0) is 44.5 Å². The summed E-state index contributed by atoms with van der Waals surface area (Å²) in [5, 5.41) is 3.18. The van der Waals surface area contributed by atoms with Crippen LogP contribution in [0, 0.1) is 5.92 Å². The summed E-state index contributed by atoms with van der Waals surface area (Å²) in [6.07, 6.45) is 2.80. The average Bonchev–Trinajstić information content (AvgIpc) is 2.96. The van der Waals surface area contributed by atoms with Gasteiger partial charge in [0.15, 0.2) is 0 Å². The maximum Gasteiger partial charge on any atom is 0.246 e. The fraction of sp³-hybridized carbons (Fsp3) is 0.471. The molecule has 1 saturated heterocycles. The molecule has 1 fully saturated rings. The van der Waals surface area contributed by atoms with E-state index in [1.165, 1.54) is 0 Å². The van der Waals surface area contributed by atoms with Crippen molar-refractivity contribution in [2.24, 2.45) is 5.92 Å². The van der Waals surface area contributed by atoms with Gasteiger partial charge in [-0.1, -0.05) is 18.2 Å². The molecule has 1 atom stereocenters. The van der Waals surface area contributed by atoms with Gasteiger partial charge in [-0.25, -0.2) is 0 Å². The number of benzene rings is 1. The molecular weight excluding hydrogens is 264 g/mol. The Hall–Kier alpha value is -1.81. The van der Waals surface area contributed by atoms with Crippen molar-refractivity contribution >= 4 is 11.5 Å². The molecule has 1 unspecified atom stereocenters. The molecule has 1 aliphatic rings. The summed E-state index contributed by atoms with van der Waals surface area (Å²) in [4.78, 5) is 14.3. The number of para-hydroxylation sites is 1. The number of nitrogens with one attached hydrogen (secondary N) is 1. The fourth-order valence-electron chi connectivity index (χ4n) is 2.81. The van der Waals surface area contributed by atoms with E-state index in [2.05, 4.69) is 5.32 Å². The highest BCUT2D eigenvalue weighted by Gasteiger charge is 2.24. The molecule has 1 N–H and O–H groups in total. The number of ether oxygens (including phenoxy) is 1. The van der Waals surface area contributed by atoms with Gasteiger partial charge in [0.2, 0.25) is 5.91 Å². The van der Waals surface area contributed by atoms with E-state index in [1.54, 1.807) is 13.2 Å². The second-order valence-corrected chi connectivity index (χ2v) is 5.52. The fourth-order valence-corrected chi connectivity index (χ4v) is 2.81. The minimum atomic E-state index is 0.0945. The molecule has 0 aliphatic carbocycles. The van der Waals surface area contributed by atoms with Gasteiger partial charge in [0.1, 0.15) is 5.75 Å². The standard InChI is InChI=1S/C17H24N2O2/c1-13(15-6-4-5-7-16(15)21-3)10-17(20)19-9-8-14(12-19)11-18-2/h4-7,10,14,18H,8-9,11-12H2,1-3H3. The molecule has 0 saturated carbocycles. The first-order valence-corrected chi connectivity index (χ1v) is 7.41. The molecule has 114 valence electrons. The summed E-state index contributed by atoms with van der Waals surface area (Å²) < 4.78 is 5.35. The van der Waals surface area contributed by atoms with Crippen molar-refractivity contribution in [3.63, 3.8) is 0 Å². The van der Waals surface area contributed by atoms with Crippen molar-refractivity contribution in [2.45, 2.75) is 13.3 Å². The van der Waals surface area contributed by atoms with Crippen LogP contribution in [0.3, 0.4) is 0 Å². The monoisotopic (exact) mass is 288 g/mol. The molecule has 4 heteroatoms. The van der Waals surface area contributed by atoms with Gasteiger partial charge in [0.05, 0.1) is 7.11 Å². The van der Waals surface area contributed by atoms with Crippen molar-refractivity contribution in [3.8, 4) is 5.75 Å². The number of methoxy groups -OCH3 is 1. The second kappa shape index (κ2) is 7.27. The van der Waals surface area contributed by atoms with Gasteiger partial charge < -0.3 is 15.0 Å². The Labute approximate surface area is 126 Å². The lowest BCUT2D eigenvalue weighted by Crippen LogP contribution is -2.29. The third kappa shape index (κ3) is 3.85. The number of rotatable bonds is 5. The summed E-state index contributed by atoms with van der Waals surface area (Å²) in [6.45, 7) is 4.62. The van der Waals surface area contributed by atoms with Crippen LogP contribution >= 0.6 is 0 Å². The molecule has 2 rings (SSSR count). The summed E-state index contributed by atoms with van der Waals surface area (Å²) in [5.74, 6) is 1.46. The van der Waals surface area contributed by atoms with E-state index in [4.69, 9.17) is 4.74 Å². The molecule has 1 aliphatic heterocycles. The van der Waals surface area contributed by atoms with Crippen LogP contribution in [0.4, 0.5) is 0 Å². The third-order valence-corrected chi connectivity index (χ3v) is 3.96. The highest BCUT2D eigenvalue weighted by Crippen LogP contribution is 2.25. The summed E-state index contributed by atoms with van der Waals surface area (Å²) >= 11 is 0. The summed E-state index contributed by atoms with van der Waals surface area (Å²) in [5.41, 5.74) is 1.91. The van der Waals surface area contributed by atoms with Crippen LogP contribution in [-0.2, 0) is 4.79 Å². The number of carbonyl (C=O) groups is 1. The quantitative estimate of drug-likeness (QED) is 0.844. The van der Waals surface area contributed by atoms with Crippen LogP contribution in [0.15, 0.2) is 30.3 Å². The normalized spacial score (nSPS) is 18.9. The topological polar surface area (TPSA) is 41.6 Å². The second-order valence-electron chi connectivity index (χ2n) is 5.52. The molecule has 1 amide bonds. The SMILES string of the molecule is CNCC1CCN(C(=O)C=C(C)c2ccccc2OC)C1. The number of nitrogens with zero attached hydrogens (tertiary/aromatic N) is 1. The summed E-state index contributed by atoms with van der Waals surface area (Å²) in [7, 11) is 3.60. The van der Waals surface area contributed by atoms with E-state index in [0.717, 1.165) is 42.9 Å². The van der Waals surface area contributed by atoms with Gasteiger partial charge in [0.25, 0.3) is 0 Å². The Morgan fingerprint density at radius 1 is 1.48 bits per heavy atom. The minimum absolute atomic E-state index is 0.0945. The lowest BCUT2D eigenvalue weighted by molar-refractivity contribution is -0.125. The maximum atomic E-state index is 12.4. The van der Waals surface area contributed by atoms with Crippen LogP contribution in [-0.4, -0.2) is 44.6 Å². The Bertz CT molecular complexity index is 525. The van der Waals surface area contributed by atoms with E-state index >= 15 is 0 Å². The Morgan fingerprint density at radius 2 is 2.24 bits per heavy atom. The predicted molar refractivity (Wildman–Crippen MR) is 85.3 cm³/mol. The van der Waals surface area contributed by atoms with Crippen molar-refractivity contribution in [3.05, 3.63) is 35.9 Å². The van der Waals surface area contributed by atoms with Crippen LogP contribution in [0.1, 0.15) is 18.9 Å². The Kier molecular flexibility index (Phi) is 5.39. The summed E-state index contributed by atoms with van der Waals surface area (Å²) in [6, 6.07) is 7.78. The molecule has 0 radical (unpaired) electrons. The maximum absolute atomic E-state index is 12.4. The lowest BCUT2D eigenvalue weighted by Gasteiger charge is -2.15. The zero-order valence-corrected chi connectivity index (χ0v) is 13.1. The third-order valence-electron chi connectivity index (χ3n) is 3.96. The first-order chi connectivity index (χ1) is 10.2. The van der Waals surface area contributed by atoms with Gasteiger partial charge >= 0.3 is 0 Å². The predicted octanol–water partition coefficient (Wildman–Crippen LogP) is 2.17. The van der Waals surface area contributed by atoms with Crippen LogP contribution in [0.5, 0.6) is 5.75 Å². The van der Waals surface area contributed by atoms with Gasteiger partial charge in [0, 0.05) is 24.7 Å². The first-order valence-electron chi connectivity index (χ1n) is 7.41. The molecule has 1 aromatic rings. The number of allylic oxidation sites excluding steroid dienone is 1. The number of amides is 1. The smallest absolute Gasteiger partial charge is 0.246 e. The average molecular weight is 288 g/mol. The van der Waals surface area contributed by atoms with Gasteiger partial charge in [-0.15, -0.1) is 0 Å². The van der Waals surface area contributed by atoms with Crippen molar-refractivity contribution in [1.82, 2.24) is 10.2 Å². The van der Waals surface area contributed by atoms with Crippen LogP contribution < -0.4 is 10.1 Å². The number of carbonyl (C=O) groups excluding carboxylic acids is 1. The van der Waals surface area contributed by atoms with E-state index in [1.807, 2.05) is 43.1 Å². The minimum Gasteiger partial charge on any atom is -0.496 e. The highest BCUT2D eigenvalue weighted by molar-refractivity contribution is 5.95. The lowest BCUT2D eigenvalue weighted by atomic mass is 10.1. The van der Waals surface area contributed by atoms with Crippen molar-refractivity contribution < 1.29 is 9.53 Å². The molecule has 21 heavy (non-hydrogen) atoms. The molecule has 0 bridgehead atoms.